The van der Waals surface area contributed by atoms with Gasteiger partial charge in [0, 0.05) is 21.9 Å². The Morgan fingerprint density at radius 1 is 1.36 bits per heavy atom. The fourth-order valence-electron chi connectivity index (χ4n) is 1.16. The van der Waals surface area contributed by atoms with Crippen LogP contribution in [0.25, 0.3) is 11.3 Å². The van der Waals surface area contributed by atoms with Crippen molar-refractivity contribution in [3.63, 3.8) is 0 Å². The zero-order valence-corrected chi connectivity index (χ0v) is 9.75. The van der Waals surface area contributed by atoms with Crippen LogP contribution in [0, 0.1) is 0 Å². The molecule has 0 fully saturated rings. The van der Waals surface area contributed by atoms with Gasteiger partial charge in [-0.2, -0.15) is 12.6 Å². The smallest absolute Gasteiger partial charge is 0.167 e. The molecule has 0 atom stereocenters. The second kappa shape index (κ2) is 4.19. The van der Waals surface area contributed by atoms with E-state index in [9.17, 15) is 0 Å². The van der Waals surface area contributed by atoms with E-state index < -0.39 is 0 Å². The second-order valence-corrected chi connectivity index (χ2v) is 4.08. The minimum absolute atomic E-state index is 0.595. The van der Waals surface area contributed by atoms with Crippen molar-refractivity contribution in [3.05, 3.63) is 40.5 Å². The number of rotatable bonds is 2. The Hall–Kier alpha value is -0.740. The average Bonchev–Trinajstić information content (AvgIpc) is 2.66. The molecule has 1 aromatic carbocycles. The first-order valence-corrected chi connectivity index (χ1v) is 5.54. The highest BCUT2D eigenvalue weighted by atomic mass is 79.9. The van der Waals surface area contributed by atoms with Crippen LogP contribution < -0.4 is 0 Å². The third-order valence-corrected chi connectivity index (χ3v) is 2.65. The molecular formula is C10H8BrNOS. The lowest BCUT2D eigenvalue weighted by Gasteiger charge is -1.94. The molecule has 0 spiro atoms. The summed E-state index contributed by atoms with van der Waals surface area (Å²) in [4.78, 5) is 0. The van der Waals surface area contributed by atoms with Crippen molar-refractivity contribution < 1.29 is 4.52 Å². The lowest BCUT2D eigenvalue weighted by molar-refractivity contribution is 0.426. The van der Waals surface area contributed by atoms with E-state index in [0.717, 1.165) is 21.5 Å². The van der Waals surface area contributed by atoms with Gasteiger partial charge in [-0.3, -0.25) is 0 Å². The predicted molar refractivity (Wildman–Crippen MR) is 62.3 cm³/mol. The molecule has 0 amide bonds. The van der Waals surface area contributed by atoms with E-state index in [0.29, 0.717) is 5.75 Å². The largest absolute Gasteiger partial charge is 0.356 e. The summed E-state index contributed by atoms with van der Waals surface area (Å²) in [6.45, 7) is 0. The van der Waals surface area contributed by atoms with Gasteiger partial charge in [0.05, 0.1) is 5.69 Å². The number of benzene rings is 1. The van der Waals surface area contributed by atoms with Crippen LogP contribution in [-0.4, -0.2) is 5.16 Å². The first-order valence-electron chi connectivity index (χ1n) is 4.12. The number of aromatic nitrogens is 1. The minimum atomic E-state index is 0.595. The van der Waals surface area contributed by atoms with Gasteiger partial charge in [0.2, 0.25) is 0 Å². The molecule has 14 heavy (non-hydrogen) atoms. The lowest BCUT2D eigenvalue weighted by Crippen LogP contribution is -1.73. The molecule has 0 aliphatic rings. The molecule has 0 aliphatic carbocycles. The molecule has 0 unspecified atom stereocenters. The maximum atomic E-state index is 5.18. The van der Waals surface area contributed by atoms with Gasteiger partial charge < -0.3 is 4.52 Å². The fraction of sp³-hybridized carbons (Fsp3) is 0.100. The van der Waals surface area contributed by atoms with Gasteiger partial charge in [-0.15, -0.1) is 0 Å². The molecule has 0 bridgehead atoms. The molecule has 2 nitrogen and oxygen atoms in total. The van der Waals surface area contributed by atoms with Crippen molar-refractivity contribution >= 4 is 28.6 Å². The van der Waals surface area contributed by atoms with Crippen LogP contribution in [0.4, 0.5) is 0 Å². The third-order valence-electron chi connectivity index (χ3n) is 1.83. The Balaban J connectivity index is 2.39. The lowest BCUT2D eigenvalue weighted by atomic mass is 10.2. The minimum Gasteiger partial charge on any atom is -0.356 e. The average molecular weight is 270 g/mol. The predicted octanol–water partition coefficient (Wildman–Crippen LogP) is 3.53. The number of hydrogen-bond donors (Lipinski definition) is 1. The van der Waals surface area contributed by atoms with Crippen LogP contribution in [-0.2, 0) is 5.75 Å². The molecule has 2 aromatic rings. The van der Waals surface area contributed by atoms with E-state index in [1.807, 2.05) is 30.3 Å². The summed E-state index contributed by atoms with van der Waals surface area (Å²) in [6.07, 6.45) is 0. The molecule has 72 valence electrons. The summed E-state index contributed by atoms with van der Waals surface area (Å²) < 4.78 is 6.20. The van der Waals surface area contributed by atoms with Gasteiger partial charge in [0.1, 0.15) is 0 Å². The van der Waals surface area contributed by atoms with Crippen molar-refractivity contribution in [2.75, 3.05) is 0 Å². The summed E-state index contributed by atoms with van der Waals surface area (Å²) in [6, 6.07) is 9.80. The molecule has 1 heterocycles. The van der Waals surface area contributed by atoms with E-state index in [1.165, 1.54) is 0 Å². The van der Waals surface area contributed by atoms with E-state index >= 15 is 0 Å². The van der Waals surface area contributed by atoms with Crippen LogP contribution in [0.15, 0.2) is 39.3 Å². The normalized spacial score (nSPS) is 10.4. The molecule has 2 rings (SSSR count). The highest BCUT2D eigenvalue weighted by molar-refractivity contribution is 9.10. The van der Waals surface area contributed by atoms with Crippen molar-refractivity contribution in [2.45, 2.75) is 5.75 Å². The Morgan fingerprint density at radius 2 is 2.21 bits per heavy atom. The van der Waals surface area contributed by atoms with E-state index in [1.54, 1.807) is 0 Å². The molecule has 0 aliphatic heterocycles. The highest BCUT2D eigenvalue weighted by Gasteiger charge is 2.05. The maximum Gasteiger partial charge on any atom is 0.167 e. The number of hydrogen-bond acceptors (Lipinski definition) is 3. The summed E-state index contributed by atoms with van der Waals surface area (Å²) in [5, 5.41) is 3.87. The van der Waals surface area contributed by atoms with Crippen molar-refractivity contribution in [2.24, 2.45) is 0 Å². The molecule has 1 aromatic heterocycles. The molecular weight excluding hydrogens is 262 g/mol. The quantitative estimate of drug-likeness (QED) is 0.845. The summed E-state index contributed by atoms with van der Waals surface area (Å²) in [5.41, 5.74) is 1.86. The first-order chi connectivity index (χ1) is 6.79. The van der Waals surface area contributed by atoms with Crippen molar-refractivity contribution in [1.29, 1.82) is 0 Å². The Kier molecular flexibility index (Phi) is 2.93. The number of halogens is 1. The van der Waals surface area contributed by atoms with Gasteiger partial charge in [-0.25, -0.2) is 0 Å². The van der Waals surface area contributed by atoms with Gasteiger partial charge in [0.15, 0.2) is 5.76 Å². The Morgan fingerprint density at radius 3 is 2.86 bits per heavy atom. The summed E-state index contributed by atoms with van der Waals surface area (Å²) in [5.74, 6) is 1.37. The van der Waals surface area contributed by atoms with Crippen LogP contribution in [0.3, 0.4) is 0 Å². The second-order valence-electron chi connectivity index (χ2n) is 2.85. The Bertz CT molecular complexity index is 441. The maximum absolute atomic E-state index is 5.18. The van der Waals surface area contributed by atoms with E-state index in [2.05, 4.69) is 33.7 Å². The van der Waals surface area contributed by atoms with Crippen LogP contribution in [0.1, 0.15) is 5.69 Å². The van der Waals surface area contributed by atoms with Crippen LogP contribution in [0.2, 0.25) is 0 Å². The molecule has 0 saturated heterocycles. The van der Waals surface area contributed by atoms with E-state index in [-0.39, 0.29) is 0 Å². The molecule has 0 saturated carbocycles. The van der Waals surface area contributed by atoms with Crippen molar-refractivity contribution in [3.8, 4) is 11.3 Å². The fourth-order valence-corrected chi connectivity index (χ4v) is 1.71. The molecule has 4 heteroatoms. The zero-order valence-electron chi connectivity index (χ0n) is 7.27. The van der Waals surface area contributed by atoms with Crippen LogP contribution >= 0.6 is 28.6 Å². The van der Waals surface area contributed by atoms with Crippen molar-refractivity contribution in [1.82, 2.24) is 5.16 Å². The number of thiol groups is 1. The summed E-state index contributed by atoms with van der Waals surface area (Å²) >= 11 is 7.53. The van der Waals surface area contributed by atoms with Gasteiger partial charge >= 0.3 is 0 Å². The monoisotopic (exact) mass is 269 g/mol. The zero-order chi connectivity index (χ0) is 9.97. The third kappa shape index (κ3) is 2.01. The Labute approximate surface area is 95.8 Å². The van der Waals surface area contributed by atoms with Crippen LogP contribution in [0.5, 0.6) is 0 Å². The molecule has 0 N–H and O–H groups in total. The molecule has 0 radical (unpaired) electrons. The highest BCUT2D eigenvalue weighted by Crippen LogP contribution is 2.23. The van der Waals surface area contributed by atoms with Gasteiger partial charge in [-0.1, -0.05) is 33.2 Å². The van der Waals surface area contributed by atoms with Gasteiger partial charge in [-0.05, 0) is 12.1 Å². The summed E-state index contributed by atoms with van der Waals surface area (Å²) in [7, 11) is 0. The van der Waals surface area contributed by atoms with Gasteiger partial charge in [0.25, 0.3) is 0 Å². The number of nitrogens with zero attached hydrogens (tertiary/aromatic N) is 1. The SMILES string of the molecule is SCc1cc(-c2cccc(Br)c2)on1. The van der Waals surface area contributed by atoms with E-state index in [4.69, 9.17) is 4.52 Å². The topological polar surface area (TPSA) is 26.0 Å². The standard InChI is InChI=1S/C10H8BrNOS/c11-8-3-1-2-7(4-8)10-5-9(6-14)12-13-10/h1-5,14H,6H2. The first kappa shape index (κ1) is 9.80.